The fourth-order valence-electron chi connectivity index (χ4n) is 2.51. The Morgan fingerprint density at radius 3 is 2.61 bits per heavy atom. The van der Waals surface area contributed by atoms with Crippen LogP contribution in [0.3, 0.4) is 0 Å². The Bertz CT molecular complexity index is 298. The van der Waals surface area contributed by atoms with Gasteiger partial charge in [-0.2, -0.15) is 0 Å². The highest BCUT2D eigenvalue weighted by atomic mass is 16.5. The van der Waals surface area contributed by atoms with E-state index >= 15 is 0 Å². The summed E-state index contributed by atoms with van der Waals surface area (Å²) in [6.45, 7) is 10.3. The lowest BCUT2D eigenvalue weighted by Crippen LogP contribution is -2.53. The smallest absolute Gasteiger partial charge is 0.236 e. The molecule has 2 aliphatic heterocycles. The third-order valence-electron chi connectivity index (χ3n) is 3.67. The maximum absolute atomic E-state index is 12.3. The van der Waals surface area contributed by atoms with Crippen molar-refractivity contribution in [3.63, 3.8) is 0 Å². The average molecular weight is 256 g/mol. The first kappa shape index (κ1) is 13.8. The third-order valence-corrected chi connectivity index (χ3v) is 3.67. The van der Waals surface area contributed by atoms with Crippen LogP contribution in [0.5, 0.6) is 0 Å². The monoisotopic (exact) mass is 256 g/mol. The molecule has 2 aliphatic rings. The van der Waals surface area contributed by atoms with Crippen molar-refractivity contribution in [2.24, 2.45) is 0 Å². The third kappa shape index (κ3) is 3.43. The second-order valence-corrected chi connectivity index (χ2v) is 5.44. The molecule has 2 heterocycles. The minimum Gasteiger partial charge on any atom is -0.376 e. The number of carbonyl (C=O) groups excluding carboxylic acids is 1. The first-order valence-corrected chi connectivity index (χ1v) is 6.81. The summed E-state index contributed by atoms with van der Waals surface area (Å²) in [7, 11) is 0. The summed E-state index contributed by atoms with van der Waals surface area (Å²) in [5, 5.41) is 0. The van der Waals surface area contributed by atoms with E-state index in [-0.39, 0.29) is 18.1 Å². The van der Waals surface area contributed by atoms with Crippen molar-refractivity contribution in [2.45, 2.75) is 39.0 Å². The van der Waals surface area contributed by atoms with Gasteiger partial charge in [-0.25, -0.2) is 0 Å². The quantitative estimate of drug-likeness (QED) is 0.714. The topological polar surface area (TPSA) is 42.0 Å². The van der Waals surface area contributed by atoms with Gasteiger partial charge in [0.05, 0.1) is 32.0 Å². The molecular formula is C13H24N2O3. The standard InChI is InChI=1S/C13H24N2O3/c1-10-9-18-12(3)7-15(10)8-13(16)14-4-5-17-11(2)6-14/h10-12H,4-9H2,1-3H3/t10-,11+,12+/m0/s1. The highest BCUT2D eigenvalue weighted by molar-refractivity contribution is 5.78. The Labute approximate surface area is 109 Å². The van der Waals surface area contributed by atoms with Crippen LogP contribution in [-0.2, 0) is 14.3 Å². The largest absolute Gasteiger partial charge is 0.376 e. The number of carbonyl (C=O) groups is 1. The Morgan fingerprint density at radius 2 is 1.89 bits per heavy atom. The van der Waals surface area contributed by atoms with Crippen molar-refractivity contribution < 1.29 is 14.3 Å². The summed E-state index contributed by atoms with van der Waals surface area (Å²) < 4.78 is 11.0. The zero-order valence-corrected chi connectivity index (χ0v) is 11.6. The molecule has 0 aromatic heterocycles. The molecule has 0 saturated carbocycles. The van der Waals surface area contributed by atoms with Crippen LogP contribution in [0.1, 0.15) is 20.8 Å². The van der Waals surface area contributed by atoms with Crippen LogP contribution in [0.25, 0.3) is 0 Å². The number of nitrogens with zero attached hydrogens (tertiary/aromatic N) is 2. The molecule has 1 amide bonds. The molecule has 0 aromatic carbocycles. The molecule has 5 nitrogen and oxygen atoms in total. The molecule has 2 rings (SSSR count). The zero-order valence-electron chi connectivity index (χ0n) is 11.6. The molecule has 0 radical (unpaired) electrons. The summed E-state index contributed by atoms with van der Waals surface area (Å²) in [5.41, 5.74) is 0. The summed E-state index contributed by atoms with van der Waals surface area (Å²) in [6, 6.07) is 0.323. The van der Waals surface area contributed by atoms with Crippen molar-refractivity contribution in [2.75, 3.05) is 39.4 Å². The van der Waals surface area contributed by atoms with Gasteiger partial charge in [0, 0.05) is 25.7 Å². The second kappa shape index (κ2) is 5.99. The van der Waals surface area contributed by atoms with Crippen LogP contribution in [0.2, 0.25) is 0 Å². The van der Waals surface area contributed by atoms with Crippen molar-refractivity contribution in [1.82, 2.24) is 9.80 Å². The Kier molecular flexibility index (Phi) is 4.59. The first-order chi connectivity index (χ1) is 8.56. The van der Waals surface area contributed by atoms with Crippen LogP contribution < -0.4 is 0 Å². The van der Waals surface area contributed by atoms with E-state index in [0.717, 1.165) is 13.1 Å². The van der Waals surface area contributed by atoms with Crippen molar-refractivity contribution in [1.29, 1.82) is 0 Å². The maximum atomic E-state index is 12.3. The minimum atomic E-state index is 0.156. The van der Waals surface area contributed by atoms with Gasteiger partial charge in [0.15, 0.2) is 0 Å². The van der Waals surface area contributed by atoms with Crippen LogP contribution in [-0.4, -0.2) is 73.3 Å². The number of hydrogen-bond acceptors (Lipinski definition) is 4. The molecule has 0 unspecified atom stereocenters. The van der Waals surface area contributed by atoms with Gasteiger partial charge >= 0.3 is 0 Å². The molecule has 18 heavy (non-hydrogen) atoms. The normalized spacial score (nSPS) is 34.6. The zero-order chi connectivity index (χ0) is 13.1. The van der Waals surface area contributed by atoms with Crippen LogP contribution in [0.4, 0.5) is 0 Å². The van der Waals surface area contributed by atoms with Gasteiger partial charge < -0.3 is 14.4 Å². The fourth-order valence-corrected chi connectivity index (χ4v) is 2.51. The predicted molar refractivity (Wildman–Crippen MR) is 68.4 cm³/mol. The molecule has 104 valence electrons. The number of hydrogen-bond donors (Lipinski definition) is 0. The molecule has 0 bridgehead atoms. The Hall–Kier alpha value is -0.650. The fraction of sp³-hybridized carbons (Fsp3) is 0.923. The Balaban J connectivity index is 1.85. The molecule has 0 aliphatic carbocycles. The minimum absolute atomic E-state index is 0.156. The van der Waals surface area contributed by atoms with Crippen molar-refractivity contribution in [3.05, 3.63) is 0 Å². The van der Waals surface area contributed by atoms with Crippen LogP contribution in [0.15, 0.2) is 0 Å². The highest BCUT2D eigenvalue weighted by Crippen LogP contribution is 2.12. The molecule has 5 heteroatoms. The van der Waals surface area contributed by atoms with Crippen LogP contribution >= 0.6 is 0 Å². The van der Waals surface area contributed by atoms with E-state index in [1.165, 1.54) is 0 Å². The van der Waals surface area contributed by atoms with Crippen molar-refractivity contribution >= 4 is 5.91 Å². The van der Waals surface area contributed by atoms with Crippen molar-refractivity contribution in [3.8, 4) is 0 Å². The van der Waals surface area contributed by atoms with E-state index in [2.05, 4.69) is 18.7 Å². The lowest BCUT2D eigenvalue weighted by atomic mass is 10.2. The van der Waals surface area contributed by atoms with E-state index in [1.807, 2.05) is 11.8 Å². The second-order valence-electron chi connectivity index (χ2n) is 5.44. The number of rotatable bonds is 2. The van der Waals surface area contributed by atoms with E-state index in [0.29, 0.717) is 32.3 Å². The molecular weight excluding hydrogens is 232 g/mol. The molecule has 2 saturated heterocycles. The first-order valence-electron chi connectivity index (χ1n) is 6.81. The predicted octanol–water partition coefficient (Wildman–Crippen LogP) is 0.343. The lowest BCUT2D eigenvalue weighted by molar-refractivity contribution is -0.142. The SMILES string of the molecule is C[C@@H]1CN(C(=O)CN2C[C@@H](C)OC[C@@H]2C)CCO1. The maximum Gasteiger partial charge on any atom is 0.236 e. The van der Waals surface area contributed by atoms with Gasteiger partial charge in [0.25, 0.3) is 0 Å². The van der Waals surface area contributed by atoms with E-state index in [9.17, 15) is 4.79 Å². The molecule has 0 spiro atoms. The van der Waals surface area contributed by atoms with E-state index < -0.39 is 0 Å². The van der Waals surface area contributed by atoms with Gasteiger partial charge in [0.2, 0.25) is 5.91 Å². The highest BCUT2D eigenvalue weighted by Gasteiger charge is 2.28. The average Bonchev–Trinajstić information content (AvgIpc) is 2.34. The molecule has 0 N–H and O–H groups in total. The summed E-state index contributed by atoms with van der Waals surface area (Å²) >= 11 is 0. The van der Waals surface area contributed by atoms with Gasteiger partial charge in [-0.05, 0) is 20.8 Å². The van der Waals surface area contributed by atoms with E-state index in [1.54, 1.807) is 0 Å². The van der Waals surface area contributed by atoms with Gasteiger partial charge in [-0.1, -0.05) is 0 Å². The summed E-state index contributed by atoms with van der Waals surface area (Å²) in [6.07, 6.45) is 0.376. The molecule has 2 fully saturated rings. The number of morpholine rings is 2. The van der Waals surface area contributed by atoms with Gasteiger partial charge in [-0.3, -0.25) is 9.69 Å². The molecule has 3 atom stereocenters. The lowest BCUT2D eigenvalue weighted by Gasteiger charge is -2.38. The van der Waals surface area contributed by atoms with E-state index in [4.69, 9.17) is 9.47 Å². The summed E-state index contributed by atoms with van der Waals surface area (Å²) in [5.74, 6) is 0.214. The summed E-state index contributed by atoms with van der Waals surface area (Å²) in [4.78, 5) is 16.4. The van der Waals surface area contributed by atoms with Gasteiger partial charge in [0.1, 0.15) is 0 Å². The van der Waals surface area contributed by atoms with Gasteiger partial charge in [-0.15, -0.1) is 0 Å². The van der Waals surface area contributed by atoms with Crippen LogP contribution in [0, 0.1) is 0 Å². The number of ether oxygens (including phenoxy) is 2. The molecule has 0 aromatic rings. The Morgan fingerprint density at radius 1 is 1.17 bits per heavy atom. The number of amides is 1.